The first kappa shape index (κ1) is 14.0. The number of hydrogen-bond donors (Lipinski definition) is 1. The first-order chi connectivity index (χ1) is 9.06. The quantitative estimate of drug-likeness (QED) is 0.693. The summed E-state index contributed by atoms with van der Waals surface area (Å²) in [5, 5.41) is 5.79. The Morgan fingerprint density at radius 1 is 1.32 bits per heavy atom. The lowest BCUT2D eigenvalue weighted by Gasteiger charge is -2.06. The number of rotatable bonds is 4. The van der Waals surface area contributed by atoms with Gasteiger partial charge < -0.3 is 5.32 Å². The van der Waals surface area contributed by atoms with Gasteiger partial charge in [-0.2, -0.15) is 0 Å². The lowest BCUT2D eigenvalue weighted by Crippen LogP contribution is -2.14. The summed E-state index contributed by atoms with van der Waals surface area (Å²) in [4.78, 5) is 24.4. The number of carbonyl (C=O) groups excluding carboxylic acids is 1. The third-order valence-electron chi connectivity index (χ3n) is 2.62. The second-order valence-electron chi connectivity index (χ2n) is 3.98. The van der Waals surface area contributed by atoms with Crippen molar-refractivity contribution in [1.29, 1.82) is 0 Å². The van der Waals surface area contributed by atoms with E-state index in [1.807, 2.05) is 26.2 Å². The Labute approximate surface area is 119 Å². The second-order valence-corrected chi connectivity index (χ2v) is 5.81. The Hall–Kier alpha value is -1.47. The zero-order valence-electron chi connectivity index (χ0n) is 10.9. The second kappa shape index (κ2) is 6.12. The summed E-state index contributed by atoms with van der Waals surface area (Å²) in [5.41, 5.74) is 3.00. The van der Waals surface area contributed by atoms with E-state index in [1.165, 1.54) is 23.1 Å². The van der Waals surface area contributed by atoms with Gasteiger partial charge in [0.1, 0.15) is 0 Å². The number of amides is 1. The fourth-order valence-corrected chi connectivity index (χ4v) is 2.66. The first-order valence-corrected chi connectivity index (χ1v) is 7.57. The van der Waals surface area contributed by atoms with Crippen molar-refractivity contribution < 1.29 is 4.79 Å². The molecule has 0 saturated heterocycles. The fourth-order valence-electron chi connectivity index (χ4n) is 1.38. The molecule has 2 rings (SSSR count). The molecule has 0 saturated carbocycles. The normalized spacial score (nSPS) is 10.5. The molecule has 7 heteroatoms. The Morgan fingerprint density at radius 3 is 2.58 bits per heavy atom. The monoisotopic (exact) mass is 294 g/mol. The molecular formula is C12H14N4OS2. The number of aryl methyl sites for hydroxylation is 2. The third kappa shape index (κ3) is 3.74. The van der Waals surface area contributed by atoms with Crippen LogP contribution in [-0.2, 0) is 4.79 Å². The van der Waals surface area contributed by atoms with Crippen molar-refractivity contribution in [2.75, 3.05) is 11.1 Å². The standard InChI is InChI=1S/C12H14N4OS2/c1-7-8(2)14-12(15-9(7)3)19-6-10(17)16-11-13-4-5-18-11/h4-5H,6H2,1-3H3,(H,13,16,17). The van der Waals surface area contributed by atoms with Crippen LogP contribution in [0.3, 0.4) is 0 Å². The highest BCUT2D eigenvalue weighted by atomic mass is 32.2. The van der Waals surface area contributed by atoms with E-state index in [2.05, 4.69) is 20.3 Å². The molecule has 0 aliphatic rings. The smallest absolute Gasteiger partial charge is 0.236 e. The van der Waals surface area contributed by atoms with E-state index >= 15 is 0 Å². The van der Waals surface area contributed by atoms with Gasteiger partial charge >= 0.3 is 0 Å². The van der Waals surface area contributed by atoms with Gasteiger partial charge in [-0.3, -0.25) is 4.79 Å². The number of hydrogen-bond acceptors (Lipinski definition) is 6. The van der Waals surface area contributed by atoms with Crippen molar-refractivity contribution in [2.45, 2.75) is 25.9 Å². The number of nitrogens with one attached hydrogen (secondary N) is 1. The highest BCUT2D eigenvalue weighted by Crippen LogP contribution is 2.18. The van der Waals surface area contributed by atoms with E-state index in [-0.39, 0.29) is 11.7 Å². The minimum Gasteiger partial charge on any atom is -0.301 e. The van der Waals surface area contributed by atoms with Gasteiger partial charge in [-0.1, -0.05) is 11.8 Å². The zero-order valence-corrected chi connectivity index (χ0v) is 12.6. The van der Waals surface area contributed by atoms with Gasteiger partial charge in [0.05, 0.1) is 5.75 Å². The summed E-state index contributed by atoms with van der Waals surface area (Å²) in [6.45, 7) is 5.89. The van der Waals surface area contributed by atoms with Crippen molar-refractivity contribution in [3.63, 3.8) is 0 Å². The van der Waals surface area contributed by atoms with Gasteiger partial charge in [0.25, 0.3) is 0 Å². The molecule has 0 aromatic carbocycles. The maximum atomic E-state index is 11.7. The predicted molar refractivity (Wildman–Crippen MR) is 77.7 cm³/mol. The highest BCUT2D eigenvalue weighted by Gasteiger charge is 2.09. The lowest BCUT2D eigenvalue weighted by molar-refractivity contribution is -0.113. The van der Waals surface area contributed by atoms with Crippen molar-refractivity contribution >= 4 is 34.1 Å². The average molecular weight is 294 g/mol. The molecular weight excluding hydrogens is 280 g/mol. The van der Waals surface area contributed by atoms with E-state index in [1.54, 1.807) is 6.20 Å². The minimum atomic E-state index is -0.0977. The molecule has 0 bridgehead atoms. The summed E-state index contributed by atoms with van der Waals surface area (Å²) >= 11 is 2.73. The maximum absolute atomic E-state index is 11.7. The van der Waals surface area contributed by atoms with Crippen molar-refractivity contribution in [3.05, 3.63) is 28.5 Å². The van der Waals surface area contributed by atoms with Crippen molar-refractivity contribution in [3.8, 4) is 0 Å². The van der Waals surface area contributed by atoms with Gasteiger partial charge in [0.15, 0.2) is 10.3 Å². The fraction of sp³-hybridized carbons (Fsp3) is 0.333. The molecule has 1 N–H and O–H groups in total. The molecule has 0 spiro atoms. The lowest BCUT2D eigenvalue weighted by atomic mass is 10.2. The van der Waals surface area contributed by atoms with Crippen LogP contribution < -0.4 is 5.32 Å². The molecule has 0 aliphatic heterocycles. The first-order valence-electron chi connectivity index (χ1n) is 5.70. The Kier molecular flexibility index (Phi) is 4.49. The SMILES string of the molecule is Cc1nc(SCC(=O)Nc2nccs2)nc(C)c1C. The van der Waals surface area contributed by atoms with Crippen LogP contribution >= 0.6 is 23.1 Å². The van der Waals surface area contributed by atoms with Crippen molar-refractivity contribution in [2.24, 2.45) is 0 Å². The summed E-state index contributed by atoms with van der Waals surface area (Å²) in [6.07, 6.45) is 1.66. The van der Waals surface area contributed by atoms with Gasteiger partial charge in [-0.05, 0) is 26.3 Å². The minimum absolute atomic E-state index is 0.0977. The van der Waals surface area contributed by atoms with E-state index in [4.69, 9.17) is 0 Å². The number of thiazole rings is 1. The van der Waals surface area contributed by atoms with Crippen LogP contribution in [0.4, 0.5) is 5.13 Å². The number of thioether (sulfide) groups is 1. The van der Waals surface area contributed by atoms with Crippen LogP contribution in [0.15, 0.2) is 16.7 Å². The molecule has 0 fully saturated rings. The number of aromatic nitrogens is 3. The van der Waals surface area contributed by atoms with Crippen LogP contribution in [0, 0.1) is 20.8 Å². The van der Waals surface area contributed by atoms with Crippen LogP contribution in [0.5, 0.6) is 0 Å². The molecule has 0 atom stereocenters. The molecule has 0 unspecified atom stereocenters. The molecule has 100 valence electrons. The predicted octanol–water partition coefficient (Wildman–Crippen LogP) is 2.59. The Bertz CT molecular complexity index is 560. The van der Waals surface area contributed by atoms with E-state index in [9.17, 15) is 4.79 Å². The molecule has 19 heavy (non-hydrogen) atoms. The summed E-state index contributed by atoms with van der Waals surface area (Å²) in [7, 11) is 0. The molecule has 1 amide bonds. The van der Waals surface area contributed by atoms with Gasteiger partial charge in [0, 0.05) is 23.0 Å². The third-order valence-corrected chi connectivity index (χ3v) is 4.16. The highest BCUT2D eigenvalue weighted by molar-refractivity contribution is 7.99. The zero-order chi connectivity index (χ0) is 13.8. The van der Waals surface area contributed by atoms with Crippen molar-refractivity contribution in [1.82, 2.24) is 15.0 Å². The largest absolute Gasteiger partial charge is 0.301 e. The van der Waals surface area contributed by atoms with E-state index in [0.29, 0.717) is 10.3 Å². The molecule has 2 heterocycles. The maximum Gasteiger partial charge on any atom is 0.236 e. The summed E-state index contributed by atoms with van der Waals surface area (Å²) < 4.78 is 0. The van der Waals surface area contributed by atoms with E-state index < -0.39 is 0 Å². The number of anilines is 1. The average Bonchev–Trinajstić information content (AvgIpc) is 2.86. The molecule has 0 aliphatic carbocycles. The molecule has 0 radical (unpaired) electrons. The molecule has 2 aromatic rings. The number of nitrogens with zero attached hydrogens (tertiary/aromatic N) is 3. The molecule has 2 aromatic heterocycles. The van der Waals surface area contributed by atoms with Gasteiger partial charge in [0.2, 0.25) is 5.91 Å². The Balaban J connectivity index is 1.93. The van der Waals surface area contributed by atoms with Crippen LogP contribution in [0.2, 0.25) is 0 Å². The Morgan fingerprint density at radius 2 is 2.00 bits per heavy atom. The van der Waals surface area contributed by atoms with E-state index in [0.717, 1.165) is 17.0 Å². The number of carbonyl (C=O) groups is 1. The topological polar surface area (TPSA) is 67.8 Å². The summed E-state index contributed by atoms with van der Waals surface area (Å²) in [5.74, 6) is 0.182. The van der Waals surface area contributed by atoms with Crippen LogP contribution in [-0.4, -0.2) is 26.6 Å². The molecule has 5 nitrogen and oxygen atoms in total. The van der Waals surface area contributed by atoms with Gasteiger partial charge in [-0.15, -0.1) is 11.3 Å². The van der Waals surface area contributed by atoms with Gasteiger partial charge in [-0.25, -0.2) is 15.0 Å². The van der Waals surface area contributed by atoms with Crippen LogP contribution in [0.1, 0.15) is 17.0 Å². The summed E-state index contributed by atoms with van der Waals surface area (Å²) in [6, 6.07) is 0. The van der Waals surface area contributed by atoms with Crippen LogP contribution in [0.25, 0.3) is 0 Å².